The number of rotatable bonds is 4. The van der Waals surface area contributed by atoms with E-state index >= 15 is 0 Å². The maximum absolute atomic E-state index is 11.2. The van der Waals surface area contributed by atoms with Crippen molar-refractivity contribution < 1.29 is 4.79 Å². The molecule has 0 spiro atoms. The molecule has 0 saturated heterocycles. The summed E-state index contributed by atoms with van der Waals surface area (Å²) < 4.78 is 0. The number of pyridine rings is 1. The highest BCUT2D eigenvalue weighted by Gasteiger charge is 2.12. The number of aromatic nitrogens is 1. The van der Waals surface area contributed by atoms with Gasteiger partial charge in [0.1, 0.15) is 10.8 Å². The van der Waals surface area contributed by atoms with Crippen molar-refractivity contribution in [1.82, 2.24) is 4.98 Å². The standard InChI is InChI=1S/C15H16N4OS/c1-8-6-9(2)18-15(12(8)14(17)21)19-11-5-3-4-10(7-11)13(16)20/h3-7H,1-2H3,(H2,16,20)(H2,17,21)(H,18,19). The largest absolute Gasteiger partial charge is 0.389 e. The highest BCUT2D eigenvalue weighted by Crippen LogP contribution is 2.23. The summed E-state index contributed by atoms with van der Waals surface area (Å²) in [7, 11) is 0. The van der Waals surface area contributed by atoms with Gasteiger partial charge < -0.3 is 16.8 Å². The molecule has 1 aromatic carbocycles. The molecular formula is C15H16N4OS. The number of carbonyl (C=O) groups is 1. The number of nitrogens with two attached hydrogens (primary N) is 2. The predicted molar refractivity (Wildman–Crippen MR) is 87.8 cm³/mol. The summed E-state index contributed by atoms with van der Waals surface area (Å²) in [4.78, 5) is 15.9. The second kappa shape index (κ2) is 5.88. The van der Waals surface area contributed by atoms with Gasteiger partial charge in [-0.25, -0.2) is 4.98 Å². The first-order chi connectivity index (χ1) is 9.88. The van der Waals surface area contributed by atoms with Gasteiger partial charge in [0.2, 0.25) is 5.91 Å². The van der Waals surface area contributed by atoms with Gasteiger partial charge >= 0.3 is 0 Å². The summed E-state index contributed by atoms with van der Waals surface area (Å²) in [5.41, 5.74) is 14.7. The van der Waals surface area contributed by atoms with Crippen LogP contribution in [0.5, 0.6) is 0 Å². The van der Waals surface area contributed by atoms with Crippen molar-refractivity contribution in [1.29, 1.82) is 0 Å². The predicted octanol–water partition coefficient (Wildman–Crippen LogP) is 2.18. The Bertz CT molecular complexity index is 728. The van der Waals surface area contributed by atoms with E-state index in [4.69, 9.17) is 23.7 Å². The SMILES string of the molecule is Cc1cc(C)c(C(N)=S)c(Nc2cccc(C(N)=O)c2)n1. The number of nitrogens with zero attached hydrogens (tertiary/aromatic N) is 1. The molecule has 1 heterocycles. The molecule has 0 bridgehead atoms. The van der Waals surface area contributed by atoms with Crippen molar-refractivity contribution in [2.45, 2.75) is 13.8 Å². The van der Waals surface area contributed by atoms with E-state index < -0.39 is 5.91 Å². The number of primary amides is 1. The van der Waals surface area contributed by atoms with Crippen molar-refractivity contribution in [2.24, 2.45) is 11.5 Å². The third-order valence-electron chi connectivity index (χ3n) is 3.00. The third kappa shape index (κ3) is 3.35. The second-order valence-electron chi connectivity index (χ2n) is 4.74. The highest BCUT2D eigenvalue weighted by atomic mass is 32.1. The lowest BCUT2D eigenvalue weighted by molar-refractivity contribution is 0.100. The Kier molecular flexibility index (Phi) is 4.18. The molecule has 1 aromatic heterocycles. The average molecular weight is 300 g/mol. The highest BCUT2D eigenvalue weighted by molar-refractivity contribution is 7.80. The quantitative estimate of drug-likeness (QED) is 0.752. The summed E-state index contributed by atoms with van der Waals surface area (Å²) in [6.45, 7) is 3.82. The van der Waals surface area contributed by atoms with E-state index in [2.05, 4.69) is 10.3 Å². The molecule has 0 radical (unpaired) electrons. The van der Waals surface area contributed by atoms with E-state index in [1.165, 1.54) is 0 Å². The number of benzene rings is 1. The topological polar surface area (TPSA) is 94.0 Å². The lowest BCUT2D eigenvalue weighted by Gasteiger charge is -2.14. The van der Waals surface area contributed by atoms with Gasteiger partial charge in [-0.3, -0.25) is 4.79 Å². The first-order valence-corrected chi connectivity index (χ1v) is 6.74. The van der Waals surface area contributed by atoms with Gasteiger partial charge in [0.05, 0.1) is 5.56 Å². The molecule has 2 aromatic rings. The Labute approximate surface area is 128 Å². The molecule has 0 unspecified atom stereocenters. The fraction of sp³-hybridized carbons (Fsp3) is 0.133. The van der Waals surface area contributed by atoms with Gasteiger partial charge in [-0.05, 0) is 43.7 Å². The van der Waals surface area contributed by atoms with E-state index in [1.54, 1.807) is 18.2 Å². The van der Waals surface area contributed by atoms with Crippen molar-refractivity contribution in [3.8, 4) is 0 Å². The summed E-state index contributed by atoms with van der Waals surface area (Å²) in [5, 5.41) is 3.14. The number of anilines is 2. The number of carbonyl (C=O) groups excluding carboxylic acids is 1. The van der Waals surface area contributed by atoms with Gasteiger partial charge in [-0.15, -0.1) is 0 Å². The first-order valence-electron chi connectivity index (χ1n) is 6.33. The number of nitrogens with one attached hydrogen (secondary N) is 1. The number of hydrogen-bond donors (Lipinski definition) is 3. The van der Waals surface area contributed by atoms with Crippen LogP contribution in [0.1, 0.15) is 27.2 Å². The molecule has 5 N–H and O–H groups in total. The molecule has 5 nitrogen and oxygen atoms in total. The second-order valence-corrected chi connectivity index (χ2v) is 5.18. The summed E-state index contributed by atoms with van der Waals surface area (Å²) in [5.74, 6) is 0.0863. The number of hydrogen-bond acceptors (Lipinski definition) is 4. The molecule has 0 fully saturated rings. The van der Waals surface area contributed by atoms with Crippen LogP contribution in [0.2, 0.25) is 0 Å². The monoisotopic (exact) mass is 300 g/mol. The fourth-order valence-electron chi connectivity index (χ4n) is 2.13. The molecular weight excluding hydrogens is 284 g/mol. The summed E-state index contributed by atoms with van der Waals surface area (Å²) in [6, 6.07) is 8.78. The molecule has 0 aliphatic heterocycles. The average Bonchev–Trinajstić information content (AvgIpc) is 2.37. The van der Waals surface area contributed by atoms with Crippen molar-refractivity contribution in [3.63, 3.8) is 0 Å². The molecule has 21 heavy (non-hydrogen) atoms. The lowest BCUT2D eigenvalue weighted by Crippen LogP contribution is -2.16. The Morgan fingerprint density at radius 2 is 1.95 bits per heavy atom. The van der Waals surface area contributed by atoms with E-state index in [9.17, 15) is 4.79 Å². The van der Waals surface area contributed by atoms with Crippen LogP contribution < -0.4 is 16.8 Å². The minimum absolute atomic E-state index is 0.272. The molecule has 0 saturated carbocycles. The summed E-state index contributed by atoms with van der Waals surface area (Å²) in [6.07, 6.45) is 0. The van der Waals surface area contributed by atoms with Crippen LogP contribution in [0.4, 0.5) is 11.5 Å². The van der Waals surface area contributed by atoms with Gasteiger partial charge in [-0.1, -0.05) is 18.3 Å². The fourth-order valence-corrected chi connectivity index (χ4v) is 2.38. The molecule has 1 amide bonds. The molecule has 108 valence electrons. The zero-order valence-electron chi connectivity index (χ0n) is 11.8. The van der Waals surface area contributed by atoms with Crippen LogP contribution >= 0.6 is 12.2 Å². The van der Waals surface area contributed by atoms with Crippen molar-refractivity contribution in [3.05, 3.63) is 52.7 Å². The van der Waals surface area contributed by atoms with Crippen LogP contribution in [0.3, 0.4) is 0 Å². The van der Waals surface area contributed by atoms with E-state index in [0.29, 0.717) is 22.6 Å². The first kappa shape index (κ1) is 14.9. The minimum atomic E-state index is -0.485. The summed E-state index contributed by atoms with van der Waals surface area (Å²) >= 11 is 5.09. The molecule has 6 heteroatoms. The van der Waals surface area contributed by atoms with Crippen LogP contribution in [-0.2, 0) is 0 Å². The molecule has 0 atom stereocenters. The van der Waals surface area contributed by atoms with Gasteiger partial charge in [0.15, 0.2) is 0 Å². The van der Waals surface area contributed by atoms with E-state index in [-0.39, 0.29) is 4.99 Å². The van der Waals surface area contributed by atoms with Gasteiger partial charge in [0, 0.05) is 16.9 Å². The number of thiocarbonyl (C=S) groups is 1. The smallest absolute Gasteiger partial charge is 0.248 e. The van der Waals surface area contributed by atoms with Crippen LogP contribution in [0.15, 0.2) is 30.3 Å². The Balaban J connectivity index is 2.46. The Morgan fingerprint density at radius 1 is 1.24 bits per heavy atom. The van der Waals surface area contributed by atoms with Crippen LogP contribution in [-0.4, -0.2) is 15.9 Å². The van der Waals surface area contributed by atoms with Crippen LogP contribution in [0.25, 0.3) is 0 Å². The molecule has 0 aliphatic rings. The molecule has 0 aliphatic carbocycles. The Morgan fingerprint density at radius 3 is 2.57 bits per heavy atom. The maximum Gasteiger partial charge on any atom is 0.248 e. The van der Waals surface area contributed by atoms with Crippen LogP contribution in [0, 0.1) is 13.8 Å². The maximum atomic E-state index is 11.2. The number of aryl methyl sites for hydroxylation is 2. The zero-order valence-corrected chi connectivity index (χ0v) is 12.6. The lowest BCUT2D eigenvalue weighted by atomic mass is 10.1. The zero-order chi connectivity index (χ0) is 15.6. The van der Waals surface area contributed by atoms with E-state index in [0.717, 1.165) is 11.3 Å². The third-order valence-corrected chi connectivity index (χ3v) is 3.21. The number of amides is 1. The van der Waals surface area contributed by atoms with Crippen molar-refractivity contribution >= 4 is 34.6 Å². The van der Waals surface area contributed by atoms with Gasteiger partial charge in [0.25, 0.3) is 0 Å². The van der Waals surface area contributed by atoms with Gasteiger partial charge in [-0.2, -0.15) is 0 Å². The van der Waals surface area contributed by atoms with Crippen molar-refractivity contribution in [2.75, 3.05) is 5.32 Å². The normalized spacial score (nSPS) is 10.2. The molecule has 2 rings (SSSR count). The Hall–Kier alpha value is -2.47. The van der Waals surface area contributed by atoms with E-state index in [1.807, 2.05) is 26.0 Å². The minimum Gasteiger partial charge on any atom is -0.389 e.